The molecule has 0 unspecified atom stereocenters. The van der Waals surface area contributed by atoms with Gasteiger partial charge in [0.15, 0.2) is 0 Å². The molecular formula is C17H11N3O2S. The van der Waals surface area contributed by atoms with Crippen LogP contribution in [0, 0.1) is 0 Å². The van der Waals surface area contributed by atoms with Crippen LogP contribution in [0.3, 0.4) is 0 Å². The Balaban J connectivity index is 1.70. The van der Waals surface area contributed by atoms with Crippen LogP contribution in [0.25, 0.3) is 11.3 Å². The molecule has 1 amide bonds. The van der Waals surface area contributed by atoms with Gasteiger partial charge < -0.3 is 10.4 Å². The molecule has 0 aliphatic carbocycles. The molecule has 5 nitrogen and oxygen atoms in total. The van der Waals surface area contributed by atoms with E-state index in [-0.39, 0.29) is 11.7 Å². The van der Waals surface area contributed by atoms with E-state index in [4.69, 9.17) is 0 Å². The van der Waals surface area contributed by atoms with Crippen LogP contribution >= 0.6 is 11.3 Å². The Kier molecular flexibility index (Phi) is 3.17. The number of hydrogen-bond donors (Lipinski definition) is 2. The Morgan fingerprint density at radius 3 is 2.70 bits per heavy atom. The molecule has 6 heteroatoms. The predicted octanol–water partition coefficient (Wildman–Crippen LogP) is 3.59. The fourth-order valence-electron chi connectivity index (χ4n) is 2.39. The normalized spacial score (nSPS) is 14.8. The number of nitrogens with zero attached hydrogens (tertiary/aromatic N) is 2. The molecule has 0 bridgehead atoms. The van der Waals surface area contributed by atoms with Crippen molar-refractivity contribution in [3.63, 3.8) is 0 Å². The lowest BCUT2D eigenvalue weighted by atomic mass is 10.1. The number of hydrogen-bond acceptors (Lipinski definition) is 5. The summed E-state index contributed by atoms with van der Waals surface area (Å²) in [5.41, 5.74) is 3.60. The van der Waals surface area contributed by atoms with Gasteiger partial charge in [0, 0.05) is 16.5 Å². The van der Waals surface area contributed by atoms with E-state index >= 15 is 0 Å². The smallest absolute Gasteiger partial charge is 0.275 e. The molecule has 4 rings (SSSR count). The second-order valence-electron chi connectivity index (χ2n) is 5.02. The first kappa shape index (κ1) is 13.7. The van der Waals surface area contributed by atoms with Crippen molar-refractivity contribution in [2.24, 2.45) is 4.99 Å². The summed E-state index contributed by atoms with van der Waals surface area (Å²) in [4.78, 5) is 20.9. The first-order valence-corrected chi connectivity index (χ1v) is 7.83. The fourth-order valence-corrected chi connectivity index (χ4v) is 3.09. The Morgan fingerprint density at radius 1 is 1.09 bits per heavy atom. The van der Waals surface area contributed by atoms with Crippen molar-refractivity contribution in [3.05, 3.63) is 59.5 Å². The number of phenolic OH excluding ortho intramolecular Hbond substituents is 1. The molecule has 112 valence electrons. The summed E-state index contributed by atoms with van der Waals surface area (Å²) < 4.78 is 0. The number of aliphatic imine (C=N–C) groups is 1. The summed E-state index contributed by atoms with van der Waals surface area (Å²) in [6, 6.07) is 14.3. The third-order valence-electron chi connectivity index (χ3n) is 3.51. The van der Waals surface area contributed by atoms with Crippen molar-refractivity contribution in [2.75, 3.05) is 5.32 Å². The van der Waals surface area contributed by atoms with Gasteiger partial charge in [-0.25, -0.2) is 9.98 Å². The standard InChI is InChI=1S/C17H11N3O2S/c21-11-7-5-10(6-8-11)14-9-23-17(19-14)20-15-12-3-1-2-4-13(12)18-16(15)22/h1-9,21H,(H,18,19,20,22). The second kappa shape index (κ2) is 5.33. The number of amides is 1. The number of fused-ring (bicyclic) bond motifs is 1. The maximum absolute atomic E-state index is 12.1. The lowest BCUT2D eigenvalue weighted by Crippen LogP contribution is -2.13. The quantitative estimate of drug-likeness (QED) is 0.757. The summed E-state index contributed by atoms with van der Waals surface area (Å²) >= 11 is 1.37. The lowest BCUT2D eigenvalue weighted by Gasteiger charge is -1.96. The van der Waals surface area contributed by atoms with Crippen LogP contribution in [0.5, 0.6) is 5.75 Å². The van der Waals surface area contributed by atoms with Gasteiger partial charge in [0.25, 0.3) is 5.91 Å². The summed E-state index contributed by atoms with van der Waals surface area (Å²) in [5.74, 6) is -0.00346. The highest BCUT2D eigenvalue weighted by molar-refractivity contribution is 7.13. The molecule has 0 atom stereocenters. The van der Waals surface area contributed by atoms with Crippen molar-refractivity contribution < 1.29 is 9.90 Å². The van der Waals surface area contributed by atoms with E-state index in [1.54, 1.807) is 24.3 Å². The van der Waals surface area contributed by atoms with Crippen LogP contribution in [0.15, 0.2) is 58.9 Å². The molecule has 1 aromatic heterocycles. The SMILES string of the molecule is O=C1Nc2ccccc2C1=Nc1nc(-c2ccc(O)cc2)cs1. The number of carbonyl (C=O) groups excluding carboxylic acids is 1. The van der Waals surface area contributed by atoms with Crippen molar-refractivity contribution >= 4 is 33.8 Å². The second-order valence-corrected chi connectivity index (χ2v) is 5.86. The van der Waals surface area contributed by atoms with E-state index in [1.165, 1.54) is 11.3 Å². The number of rotatable bonds is 2. The fraction of sp³-hybridized carbons (Fsp3) is 0. The van der Waals surface area contributed by atoms with E-state index < -0.39 is 0 Å². The number of thiazole rings is 1. The van der Waals surface area contributed by atoms with E-state index in [0.717, 1.165) is 22.5 Å². The average molecular weight is 321 g/mol. The molecule has 0 spiro atoms. The van der Waals surface area contributed by atoms with Crippen molar-refractivity contribution in [1.82, 2.24) is 4.98 Å². The first-order valence-electron chi connectivity index (χ1n) is 6.95. The number of phenols is 1. The van der Waals surface area contributed by atoms with Gasteiger partial charge in [-0.15, -0.1) is 11.3 Å². The van der Waals surface area contributed by atoms with Gasteiger partial charge in [-0.05, 0) is 30.3 Å². The maximum atomic E-state index is 12.1. The Morgan fingerprint density at radius 2 is 1.87 bits per heavy atom. The molecule has 2 N–H and O–H groups in total. The molecule has 1 aliphatic rings. The number of carbonyl (C=O) groups is 1. The zero-order valence-corrected chi connectivity index (χ0v) is 12.7. The summed E-state index contributed by atoms with van der Waals surface area (Å²) in [6.07, 6.45) is 0. The van der Waals surface area contributed by atoms with E-state index in [1.807, 2.05) is 29.6 Å². The minimum Gasteiger partial charge on any atom is -0.508 e. The highest BCUT2D eigenvalue weighted by atomic mass is 32.1. The molecule has 1 aliphatic heterocycles. The van der Waals surface area contributed by atoms with Gasteiger partial charge in [0.1, 0.15) is 11.5 Å². The molecule has 0 fully saturated rings. The molecule has 2 heterocycles. The predicted molar refractivity (Wildman–Crippen MR) is 90.5 cm³/mol. The highest BCUT2D eigenvalue weighted by Crippen LogP contribution is 2.30. The summed E-state index contributed by atoms with van der Waals surface area (Å²) in [5, 5.41) is 14.5. The molecule has 0 radical (unpaired) electrons. The molecule has 2 aromatic carbocycles. The molecule has 23 heavy (non-hydrogen) atoms. The monoisotopic (exact) mass is 321 g/mol. The van der Waals surface area contributed by atoms with Crippen LogP contribution in [-0.4, -0.2) is 21.7 Å². The van der Waals surface area contributed by atoms with Crippen molar-refractivity contribution in [1.29, 1.82) is 0 Å². The van der Waals surface area contributed by atoms with E-state index in [0.29, 0.717) is 10.8 Å². The third kappa shape index (κ3) is 2.49. The van der Waals surface area contributed by atoms with Crippen molar-refractivity contribution in [3.8, 4) is 17.0 Å². The number of aromatic nitrogens is 1. The minimum atomic E-state index is -0.215. The number of para-hydroxylation sites is 1. The van der Waals surface area contributed by atoms with Crippen molar-refractivity contribution in [2.45, 2.75) is 0 Å². The summed E-state index contributed by atoms with van der Waals surface area (Å²) in [6.45, 7) is 0. The largest absolute Gasteiger partial charge is 0.508 e. The third-order valence-corrected chi connectivity index (χ3v) is 4.24. The van der Waals surface area contributed by atoms with Crippen LogP contribution in [0.4, 0.5) is 10.8 Å². The van der Waals surface area contributed by atoms with E-state index in [9.17, 15) is 9.90 Å². The molecular weight excluding hydrogens is 310 g/mol. The van der Waals surface area contributed by atoms with Gasteiger partial charge in [-0.2, -0.15) is 0 Å². The number of anilines is 1. The zero-order valence-electron chi connectivity index (χ0n) is 11.9. The first-order chi connectivity index (χ1) is 11.2. The van der Waals surface area contributed by atoms with Crippen LogP contribution in [0.1, 0.15) is 5.56 Å². The topological polar surface area (TPSA) is 74.6 Å². The maximum Gasteiger partial charge on any atom is 0.275 e. The van der Waals surface area contributed by atoms with Gasteiger partial charge in [0.2, 0.25) is 5.13 Å². The molecule has 0 saturated carbocycles. The minimum absolute atomic E-state index is 0.212. The zero-order chi connectivity index (χ0) is 15.8. The Hall–Kier alpha value is -2.99. The van der Waals surface area contributed by atoms with Gasteiger partial charge in [-0.3, -0.25) is 4.79 Å². The number of aromatic hydroxyl groups is 1. The number of nitrogens with one attached hydrogen (secondary N) is 1. The van der Waals surface area contributed by atoms with Crippen LogP contribution < -0.4 is 5.32 Å². The Labute approximate surface area is 136 Å². The van der Waals surface area contributed by atoms with Gasteiger partial charge in [0.05, 0.1) is 11.4 Å². The number of benzene rings is 2. The average Bonchev–Trinajstić information content (AvgIpc) is 3.14. The van der Waals surface area contributed by atoms with Crippen LogP contribution in [-0.2, 0) is 4.79 Å². The Bertz CT molecular complexity index is 929. The van der Waals surface area contributed by atoms with Crippen LogP contribution in [0.2, 0.25) is 0 Å². The molecule has 3 aromatic rings. The van der Waals surface area contributed by atoms with Gasteiger partial charge in [-0.1, -0.05) is 18.2 Å². The van der Waals surface area contributed by atoms with Gasteiger partial charge >= 0.3 is 0 Å². The molecule has 0 saturated heterocycles. The van der Waals surface area contributed by atoms with E-state index in [2.05, 4.69) is 15.3 Å². The summed E-state index contributed by atoms with van der Waals surface area (Å²) in [7, 11) is 0. The lowest BCUT2D eigenvalue weighted by molar-refractivity contribution is -0.110. The highest BCUT2D eigenvalue weighted by Gasteiger charge is 2.25.